The van der Waals surface area contributed by atoms with Crippen molar-refractivity contribution in [1.29, 1.82) is 0 Å². The van der Waals surface area contributed by atoms with Gasteiger partial charge in [0.05, 0.1) is 13.0 Å². The lowest BCUT2D eigenvalue weighted by Crippen LogP contribution is -2.37. The average Bonchev–Trinajstić information content (AvgIpc) is 3.47. The SMILES string of the molecule is CCOc1ccc(CC(=O)N2CCc3c(c(-c4ncc(C)n4CC4CC4)nn3C)C2)cc1. The minimum Gasteiger partial charge on any atom is -0.494 e. The van der Waals surface area contributed by atoms with Crippen LogP contribution in [0.4, 0.5) is 0 Å². The highest BCUT2D eigenvalue weighted by molar-refractivity contribution is 5.79. The summed E-state index contributed by atoms with van der Waals surface area (Å²) in [7, 11) is 2.00. The van der Waals surface area contributed by atoms with Crippen molar-refractivity contribution < 1.29 is 9.53 Å². The molecule has 7 nitrogen and oxygen atoms in total. The van der Waals surface area contributed by atoms with Gasteiger partial charge in [-0.3, -0.25) is 9.48 Å². The molecule has 2 aromatic heterocycles. The number of hydrogen-bond donors (Lipinski definition) is 0. The van der Waals surface area contributed by atoms with Crippen LogP contribution in [0.2, 0.25) is 0 Å². The summed E-state index contributed by atoms with van der Waals surface area (Å²) in [6, 6.07) is 7.82. The van der Waals surface area contributed by atoms with Crippen LogP contribution in [0.15, 0.2) is 30.5 Å². The van der Waals surface area contributed by atoms with Crippen molar-refractivity contribution in [2.45, 2.75) is 52.6 Å². The first kappa shape index (κ1) is 20.8. The summed E-state index contributed by atoms with van der Waals surface area (Å²) in [5.74, 6) is 2.68. The molecule has 7 heteroatoms. The first-order valence-corrected chi connectivity index (χ1v) is 11.6. The lowest BCUT2D eigenvalue weighted by Gasteiger charge is -2.28. The number of carbonyl (C=O) groups is 1. The van der Waals surface area contributed by atoms with E-state index in [0.717, 1.165) is 53.8 Å². The van der Waals surface area contributed by atoms with E-state index in [9.17, 15) is 4.79 Å². The number of fused-ring (bicyclic) bond motifs is 1. The summed E-state index contributed by atoms with van der Waals surface area (Å²) >= 11 is 0. The van der Waals surface area contributed by atoms with Crippen LogP contribution in [0.1, 0.15) is 42.3 Å². The molecule has 32 heavy (non-hydrogen) atoms. The summed E-state index contributed by atoms with van der Waals surface area (Å²) in [6.07, 6.45) is 5.75. The number of amides is 1. The van der Waals surface area contributed by atoms with Crippen molar-refractivity contribution in [2.75, 3.05) is 13.2 Å². The first-order valence-electron chi connectivity index (χ1n) is 11.6. The average molecular weight is 434 g/mol. The molecular weight excluding hydrogens is 402 g/mol. The third-order valence-electron chi connectivity index (χ3n) is 6.59. The van der Waals surface area contributed by atoms with Crippen molar-refractivity contribution >= 4 is 5.91 Å². The summed E-state index contributed by atoms with van der Waals surface area (Å²) < 4.78 is 9.79. The molecule has 1 aromatic carbocycles. The smallest absolute Gasteiger partial charge is 0.227 e. The molecule has 1 aliphatic heterocycles. The minimum atomic E-state index is 0.145. The number of rotatable bonds is 7. The van der Waals surface area contributed by atoms with Gasteiger partial charge in [0.2, 0.25) is 5.91 Å². The number of benzene rings is 1. The second kappa shape index (κ2) is 8.45. The Hall–Kier alpha value is -3.09. The lowest BCUT2D eigenvalue weighted by molar-refractivity contribution is -0.131. The van der Waals surface area contributed by atoms with Crippen LogP contribution in [0.5, 0.6) is 5.75 Å². The number of aromatic nitrogens is 4. The molecule has 1 aliphatic carbocycles. The number of aryl methyl sites for hydroxylation is 2. The third kappa shape index (κ3) is 4.04. The van der Waals surface area contributed by atoms with Crippen LogP contribution < -0.4 is 4.74 Å². The van der Waals surface area contributed by atoms with E-state index in [1.807, 2.05) is 54.0 Å². The zero-order valence-corrected chi connectivity index (χ0v) is 19.2. The van der Waals surface area contributed by atoms with E-state index in [1.54, 1.807) is 0 Å². The van der Waals surface area contributed by atoms with E-state index in [-0.39, 0.29) is 5.91 Å². The summed E-state index contributed by atoms with van der Waals surface area (Å²) in [4.78, 5) is 19.8. The van der Waals surface area contributed by atoms with Crippen LogP contribution >= 0.6 is 0 Å². The fourth-order valence-electron chi connectivity index (χ4n) is 4.58. The van der Waals surface area contributed by atoms with Crippen molar-refractivity contribution in [1.82, 2.24) is 24.2 Å². The van der Waals surface area contributed by atoms with Crippen molar-refractivity contribution in [3.8, 4) is 17.3 Å². The van der Waals surface area contributed by atoms with Gasteiger partial charge in [0, 0.05) is 56.3 Å². The van der Waals surface area contributed by atoms with Crippen LogP contribution in [0.3, 0.4) is 0 Å². The Morgan fingerprint density at radius 2 is 2.00 bits per heavy atom. The highest BCUT2D eigenvalue weighted by atomic mass is 16.5. The molecule has 0 unspecified atom stereocenters. The molecule has 0 N–H and O–H groups in total. The molecular formula is C25H31N5O2. The van der Waals surface area contributed by atoms with Gasteiger partial charge in [-0.1, -0.05) is 12.1 Å². The van der Waals surface area contributed by atoms with E-state index < -0.39 is 0 Å². The molecule has 0 radical (unpaired) electrons. The minimum absolute atomic E-state index is 0.145. The van der Waals surface area contributed by atoms with E-state index >= 15 is 0 Å². The number of ether oxygens (including phenoxy) is 1. The fraction of sp³-hybridized carbons (Fsp3) is 0.480. The molecule has 5 rings (SSSR count). The summed E-state index contributed by atoms with van der Waals surface area (Å²) in [5.41, 5.74) is 5.46. The van der Waals surface area contributed by atoms with Crippen molar-refractivity contribution in [2.24, 2.45) is 13.0 Å². The van der Waals surface area contributed by atoms with Gasteiger partial charge in [0.1, 0.15) is 11.4 Å². The number of imidazole rings is 1. The van der Waals surface area contributed by atoms with E-state index in [0.29, 0.717) is 19.6 Å². The van der Waals surface area contributed by atoms with Gasteiger partial charge in [-0.25, -0.2) is 4.98 Å². The van der Waals surface area contributed by atoms with Gasteiger partial charge in [-0.05, 0) is 50.3 Å². The van der Waals surface area contributed by atoms with Crippen LogP contribution in [0, 0.1) is 12.8 Å². The Bertz CT molecular complexity index is 1120. The van der Waals surface area contributed by atoms with Crippen LogP contribution in [0.25, 0.3) is 11.5 Å². The summed E-state index contributed by atoms with van der Waals surface area (Å²) in [6.45, 7) is 7.03. The third-order valence-corrected chi connectivity index (χ3v) is 6.59. The van der Waals surface area contributed by atoms with Gasteiger partial charge < -0.3 is 14.2 Å². The Labute approximate surface area is 189 Å². The second-order valence-electron chi connectivity index (χ2n) is 8.99. The molecule has 0 atom stereocenters. The lowest BCUT2D eigenvalue weighted by atomic mass is 10.0. The molecule has 1 amide bonds. The summed E-state index contributed by atoms with van der Waals surface area (Å²) in [5, 5.41) is 4.85. The predicted molar refractivity (Wildman–Crippen MR) is 122 cm³/mol. The van der Waals surface area contributed by atoms with Gasteiger partial charge in [0.25, 0.3) is 0 Å². The normalized spacial score (nSPS) is 15.7. The predicted octanol–water partition coefficient (Wildman–Crippen LogP) is 3.53. The molecule has 3 aromatic rings. The topological polar surface area (TPSA) is 65.2 Å². The second-order valence-corrected chi connectivity index (χ2v) is 8.99. The molecule has 1 saturated carbocycles. The Balaban J connectivity index is 1.36. The Morgan fingerprint density at radius 1 is 1.22 bits per heavy atom. The quantitative estimate of drug-likeness (QED) is 0.572. The number of carbonyl (C=O) groups excluding carboxylic acids is 1. The molecule has 1 fully saturated rings. The van der Waals surface area contributed by atoms with Crippen LogP contribution in [-0.2, 0) is 37.8 Å². The van der Waals surface area contributed by atoms with E-state index in [2.05, 4.69) is 11.5 Å². The highest BCUT2D eigenvalue weighted by Gasteiger charge is 2.30. The van der Waals surface area contributed by atoms with E-state index in [4.69, 9.17) is 14.8 Å². The zero-order chi connectivity index (χ0) is 22.2. The Kier molecular flexibility index (Phi) is 5.49. The highest BCUT2D eigenvalue weighted by Crippen LogP contribution is 2.35. The van der Waals surface area contributed by atoms with Crippen molar-refractivity contribution in [3.05, 3.63) is 53.0 Å². The van der Waals surface area contributed by atoms with Crippen molar-refractivity contribution in [3.63, 3.8) is 0 Å². The fourth-order valence-corrected chi connectivity index (χ4v) is 4.58. The van der Waals surface area contributed by atoms with Gasteiger partial charge in [-0.15, -0.1) is 0 Å². The standard InChI is InChI=1S/C25H31N5O2/c1-4-32-20-9-7-18(8-10-20)13-23(31)29-12-11-22-21(16-29)24(27-28(22)3)25-26-14-17(2)30(25)15-19-5-6-19/h7-10,14,19H,4-6,11-13,15-16H2,1-3H3. The molecule has 3 heterocycles. The molecule has 0 bridgehead atoms. The Morgan fingerprint density at radius 3 is 2.72 bits per heavy atom. The first-order chi connectivity index (χ1) is 15.5. The molecule has 0 saturated heterocycles. The maximum atomic E-state index is 13.1. The zero-order valence-electron chi connectivity index (χ0n) is 19.2. The van der Waals surface area contributed by atoms with Crippen LogP contribution in [-0.4, -0.2) is 43.3 Å². The van der Waals surface area contributed by atoms with Gasteiger partial charge in [-0.2, -0.15) is 5.10 Å². The number of nitrogens with zero attached hydrogens (tertiary/aromatic N) is 5. The monoisotopic (exact) mass is 433 g/mol. The molecule has 0 spiro atoms. The largest absolute Gasteiger partial charge is 0.494 e. The van der Waals surface area contributed by atoms with Gasteiger partial charge in [0.15, 0.2) is 5.82 Å². The maximum absolute atomic E-state index is 13.1. The van der Waals surface area contributed by atoms with Gasteiger partial charge >= 0.3 is 0 Å². The molecule has 168 valence electrons. The maximum Gasteiger partial charge on any atom is 0.227 e. The van der Waals surface area contributed by atoms with E-state index in [1.165, 1.54) is 24.2 Å². The number of hydrogen-bond acceptors (Lipinski definition) is 4. The molecule has 2 aliphatic rings.